The number of alkyl carbamates (subject to hydrolysis) is 1. The number of phenols is 1. The lowest BCUT2D eigenvalue weighted by molar-refractivity contribution is -0.142. The molecule has 2 atom stereocenters. The van der Waals surface area contributed by atoms with Crippen LogP contribution in [0.4, 0.5) is 4.79 Å². The van der Waals surface area contributed by atoms with E-state index in [2.05, 4.69) is 17.2 Å². The molecule has 0 saturated heterocycles. The van der Waals surface area contributed by atoms with Crippen LogP contribution in [0, 0.1) is 6.92 Å². The maximum Gasteiger partial charge on any atom is 0.408 e. The highest BCUT2D eigenvalue weighted by Gasteiger charge is 2.36. The molecule has 4 amide bonds. The minimum absolute atomic E-state index is 0.0201. The number of aryl methyl sites for hydroxylation is 1. The van der Waals surface area contributed by atoms with Gasteiger partial charge >= 0.3 is 6.09 Å². The van der Waals surface area contributed by atoms with Crippen LogP contribution >= 0.6 is 0 Å². The van der Waals surface area contributed by atoms with Gasteiger partial charge in [-0.15, -0.1) is 6.58 Å². The quantitative estimate of drug-likeness (QED) is 0.240. The summed E-state index contributed by atoms with van der Waals surface area (Å²) in [5, 5.41) is 15.4. The van der Waals surface area contributed by atoms with Crippen molar-refractivity contribution in [3.8, 4) is 5.75 Å². The fourth-order valence-corrected chi connectivity index (χ4v) is 3.46. The van der Waals surface area contributed by atoms with Crippen molar-refractivity contribution in [1.29, 1.82) is 0 Å². The van der Waals surface area contributed by atoms with Crippen LogP contribution < -0.4 is 16.4 Å². The van der Waals surface area contributed by atoms with Crippen molar-refractivity contribution in [1.82, 2.24) is 15.5 Å². The molecule has 0 fully saturated rings. The van der Waals surface area contributed by atoms with E-state index in [0.29, 0.717) is 17.7 Å². The van der Waals surface area contributed by atoms with Crippen LogP contribution in [0.3, 0.4) is 0 Å². The fourth-order valence-electron chi connectivity index (χ4n) is 3.46. The normalized spacial score (nSPS) is 12.7. The summed E-state index contributed by atoms with van der Waals surface area (Å²) in [6, 6.07) is 2.38. The van der Waals surface area contributed by atoms with Gasteiger partial charge in [0.1, 0.15) is 23.4 Å². The van der Waals surface area contributed by atoms with Gasteiger partial charge in [0.25, 0.3) is 0 Å². The molecule has 1 rings (SSSR count). The number of nitrogens with zero attached hydrogens (tertiary/aromatic N) is 1. The Balaban J connectivity index is 3.45. The second-order valence-electron chi connectivity index (χ2n) is 9.58. The number of ether oxygens (including phenoxy) is 1. The number of hydrogen-bond donors (Lipinski definition) is 4. The summed E-state index contributed by atoms with van der Waals surface area (Å²) in [6.45, 7) is 12.8. The summed E-state index contributed by atoms with van der Waals surface area (Å²) >= 11 is 0. The van der Waals surface area contributed by atoms with Crippen molar-refractivity contribution in [3.63, 3.8) is 0 Å². The van der Waals surface area contributed by atoms with Crippen LogP contribution in [0.15, 0.2) is 30.9 Å². The Morgan fingerprint density at radius 2 is 1.92 bits per heavy atom. The molecule has 0 aliphatic heterocycles. The molecule has 2 unspecified atom stereocenters. The average Bonchev–Trinajstić information content (AvgIpc) is 2.77. The third kappa shape index (κ3) is 9.97. The van der Waals surface area contributed by atoms with Gasteiger partial charge in [-0.2, -0.15) is 0 Å². The Labute approximate surface area is 213 Å². The van der Waals surface area contributed by atoms with Crippen molar-refractivity contribution in [2.24, 2.45) is 5.73 Å². The fraction of sp³-hybridized carbons (Fsp3) is 0.538. The molecular weight excluding hydrogens is 464 g/mol. The van der Waals surface area contributed by atoms with E-state index in [4.69, 9.17) is 10.5 Å². The Morgan fingerprint density at radius 1 is 1.25 bits per heavy atom. The Morgan fingerprint density at radius 3 is 2.44 bits per heavy atom. The number of nitrogens with one attached hydrogen (secondary N) is 2. The van der Waals surface area contributed by atoms with Crippen LogP contribution in [0.2, 0.25) is 0 Å². The number of amides is 4. The highest BCUT2D eigenvalue weighted by Crippen LogP contribution is 2.27. The highest BCUT2D eigenvalue weighted by atomic mass is 16.6. The van der Waals surface area contributed by atoms with Crippen LogP contribution in [0.5, 0.6) is 5.75 Å². The molecule has 5 N–H and O–H groups in total. The molecular formula is C26H40N4O6. The first-order chi connectivity index (χ1) is 16.8. The standard InChI is InChI=1S/C26H40N4O6/c1-7-9-14-28-23(33)22(18-10-12-20(31)17(3)16-18)30(15-8-2)24(34)19(11-13-21(27)32)29-25(35)36-26(4,5)6/h8,10,12,16,19,22,31H,2,7,9,11,13-15H2,1,3-6H3,(H2,27,32)(H,28,33)(H,29,35). The van der Waals surface area contributed by atoms with Gasteiger partial charge in [0.2, 0.25) is 17.7 Å². The molecule has 0 aliphatic rings. The number of nitrogens with two attached hydrogens (primary N) is 1. The van der Waals surface area contributed by atoms with Crippen molar-refractivity contribution >= 4 is 23.8 Å². The van der Waals surface area contributed by atoms with Gasteiger partial charge in [-0.1, -0.05) is 25.5 Å². The maximum absolute atomic E-state index is 13.8. The molecule has 0 aliphatic carbocycles. The number of benzene rings is 1. The molecule has 0 radical (unpaired) electrons. The van der Waals surface area contributed by atoms with Gasteiger partial charge < -0.3 is 31.1 Å². The van der Waals surface area contributed by atoms with Crippen molar-refractivity contribution in [2.45, 2.75) is 78.0 Å². The lowest BCUT2D eigenvalue weighted by atomic mass is 9.99. The Bertz CT molecular complexity index is 941. The Kier molecular flexibility index (Phi) is 11.9. The smallest absolute Gasteiger partial charge is 0.408 e. The van der Waals surface area contributed by atoms with E-state index in [0.717, 1.165) is 12.8 Å². The summed E-state index contributed by atoms with van der Waals surface area (Å²) in [6.07, 6.45) is 2.00. The van der Waals surface area contributed by atoms with Gasteiger partial charge in [0.15, 0.2) is 0 Å². The van der Waals surface area contributed by atoms with Crippen molar-refractivity contribution < 1.29 is 29.0 Å². The predicted molar refractivity (Wildman–Crippen MR) is 137 cm³/mol. The molecule has 0 bridgehead atoms. The minimum Gasteiger partial charge on any atom is -0.508 e. The molecule has 200 valence electrons. The van der Waals surface area contributed by atoms with Gasteiger partial charge in [-0.05, 0) is 63.8 Å². The third-order valence-electron chi connectivity index (χ3n) is 5.20. The third-order valence-corrected chi connectivity index (χ3v) is 5.20. The van der Waals surface area contributed by atoms with Gasteiger partial charge in [0.05, 0.1) is 0 Å². The second-order valence-corrected chi connectivity index (χ2v) is 9.58. The second kappa shape index (κ2) is 14.1. The van der Waals surface area contributed by atoms with E-state index in [1.165, 1.54) is 17.0 Å². The largest absolute Gasteiger partial charge is 0.508 e. The number of carbonyl (C=O) groups is 4. The van der Waals surface area contributed by atoms with Crippen molar-refractivity contribution in [3.05, 3.63) is 42.0 Å². The summed E-state index contributed by atoms with van der Waals surface area (Å²) in [4.78, 5) is 52.3. The number of aromatic hydroxyl groups is 1. The zero-order valence-electron chi connectivity index (χ0n) is 21.9. The molecule has 1 aromatic carbocycles. The molecule has 36 heavy (non-hydrogen) atoms. The highest BCUT2D eigenvalue weighted by molar-refractivity contribution is 5.92. The van der Waals surface area contributed by atoms with E-state index < -0.39 is 41.5 Å². The van der Waals surface area contributed by atoms with Crippen LogP contribution in [0.1, 0.15) is 70.5 Å². The number of hydrogen-bond acceptors (Lipinski definition) is 6. The minimum atomic E-state index is -1.18. The number of rotatable bonds is 13. The zero-order valence-corrected chi connectivity index (χ0v) is 21.9. The number of phenolic OH excluding ortho intramolecular Hbond substituents is 1. The van der Waals surface area contributed by atoms with E-state index in [1.54, 1.807) is 39.8 Å². The molecule has 0 saturated carbocycles. The van der Waals surface area contributed by atoms with Gasteiger partial charge in [-0.3, -0.25) is 14.4 Å². The summed E-state index contributed by atoms with van der Waals surface area (Å²) in [5.74, 6) is -1.62. The van der Waals surface area contributed by atoms with E-state index in [9.17, 15) is 24.3 Å². The predicted octanol–water partition coefficient (Wildman–Crippen LogP) is 2.83. The lowest BCUT2D eigenvalue weighted by Crippen LogP contribution is -2.53. The summed E-state index contributed by atoms with van der Waals surface area (Å²) in [5.41, 5.74) is 5.48. The number of carbonyl (C=O) groups excluding carboxylic acids is 4. The zero-order chi connectivity index (χ0) is 27.5. The SMILES string of the molecule is C=CCN(C(=O)C(CCC(N)=O)NC(=O)OC(C)(C)C)C(C(=O)NCCCC)c1ccc(O)c(C)c1. The lowest BCUT2D eigenvalue weighted by Gasteiger charge is -2.34. The van der Waals surface area contributed by atoms with Crippen LogP contribution in [0.25, 0.3) is 0 Å². The van der Waals surface area contributed by atoms with E-state index in [-0.39, 0.29) is 25.1 Å². The van der Waals surface area contributed by atoms with Crippen LogP contribution in [-0.2, 0) is 19.1 Å². The van der Waals surface area contributed by atoms with Gasteiger partial charge in [-0.25, -0.2) is 4.79 Å². The molecule has 0 heterocycles. The molecule has 10 heteroatoms. The first kappa shape index (κ1) is 30.5. The van der Waals surface area contributed by atoms with Crippen LogP contribution in [-0.4, -0.2) is 58.6 Å². The van der Waals surface area contributed by atoms with Gasteiger partial charge in [0, 0.05) is 19.5 Å². The van der Waals surface area contributed by atoms with Crippen molar-refractivity contribution in [2.75, 3.05) is 13.1 Å². The average molecular weight is 505 g/mol. The van der Waals surface area contributed by atoms with E-state index >= 15 is 0 Å². The first-order valence-corrected chi connectivity index (χ1v) is 12.1. The molecule has 1 aromatic rings. The summed E-state index contributed by atoms with van der Waals surface area (Å²) < 4.78 is 5.29. The number of primary amides is 1. The topological polar surface area (TPSA) is 151 Å². The maximum atomic E-state index is 13.8. The molecule has 10 nitrogen and oxygen atoms in total. The number of unbranched alkanes of at least 4 members (excludes halogenated alkanes) is 1. The Hall–Kier alpha value is -3.56. The molecule has 0 aromatic heterocycles. The summed E-state index contributed by atoms with van der Waals surface area (Å²) in [7, 11) is 0. The first-order valence-electron chi connectivity index (χ1n) is 12.1. The van der Waals surface area contributed by atoms with E-state index in [1.807, 2.05) is 6.92 Å². The monoisotopic (exact) mass is 504 g/mol. The molecule has 0 spiro atoms.